The third-order valence-corrected chi connectivity index (χ3v) is 7.93. The molecule has 0 aliphatic rings. The van der Waals surface area contributed by atoms with Crippen LogP contribution in [-0.2, 0) is 21.7 Å². The van der Waals surface area contributed by atoms with Crippen LogP contribution in [0.2, 0.25) is 5.02 Å². The predicted molar refractivity (Wildman–Crippen MR) is 26.6 cm³/mol. The minimum atomic E-state index is -2.06. The summed E-state index contributed by atoms with van der Waals surface area (Å²) in [5.74, 6) is 0. The fraction of sp³-hybridized carbons (Fsp3) is 1.00. The molecule has 0 saturated carbocycles. The zero-order chi connectivity index (χ0) is 5.70. The first-order valence-electron chi connectivity index (χ1n) is 2.49. The molecule has 0 fully saturated rings. The van der Waals surface area contributed by atoms with Gasteiger partial charge in [-0.25, -0.2) is 0 Å². The van der Waals surface area contributed by atoms with Crippen LogP contribution in [0.5, 0.6) is 0 Å². The van der Waals surface area contributed by atoms with Gasteiger partial charge in [0.1, 0.15) is 0 Å². The first kappa shape index (κ1) is 7.81. The fourth-order valence-electron chi connectivity index (χ4n) is 0.328. The molecule has 0 aromatic rings. The van der Waals surface area contributed by atoms with E-state index in [0.717, 1.165) is 0 Å². The Balaban J connectivity index is 2.82. The van der Waals surface area contributed by atoms with E-state index in [1.165, 1.54) is 5.02 Å². The topological polar surface area (TPSA) is 37.3 Å². The number of rotatable bonds is 3. The maximum atomic E-state index is 9.99. The van der Waals surface area contributed by atoms with Gasteiger partial charge in [0.15, 0.2) is 0 Å². The summed E-state index contributed by atoms with van der Waals surface area (Å²) in [6.07, 6.45) is 0. The average Bonchev–Trinajstić information content (AvgIpc) is 1.61. The summed E-state index contributed by atoms with van der Waals surface area (Å²) in [4.78, 5) is 8.28. The van der Waals surface area contributed by atoms with E-state index < -0.39 is 25.2 Å². The fourth-order valence-corrected chi connectivity index (χ4v) is 5.11. The summed E-state index contributed by atoms with van der Waals surface area (Å²) < 4.78 is 10.7. The second kappa shape index (κ2) is 4.96. The molecule has 1 unspecified atom stereocenters. The Kier molecular flexibility index (Phi) is 5.54. The second-order valence-corrected chi connectivity index (χ2v) is 9.51. The quantitative estimate of drug-likeness (QED) is 0.509. The zero-order valence-electron chi connectivity index (χ0n) is 4.48. The van der Waals surface area contributed by atoms with Crippen molar-refractivity contribution in [2.24, 2.45) is 0 Å². The summed E-state index contributed by atoms with van der Waals surface area (Å²) in [7, 11) is -2.06. The normalized spacial score (nSPS) is 12.9. The van der Waals surface area contributed by atoms with E-state index in [-0.39, 0.29) is 0 Å². The van der Waals surface area contributed by atoms with Crippen molar-refractivity contribution in [1.82, 2.24) is 0 Å². The van der Waals surface area contributed by atoms with Crippen LogP contribution < -0.4 is 0 Å². The number of hydrogen-bond donors (Lipinski definition) is 1. The molecule has 0 amide bonds. The molecule has 0 spiro atoms. The molecule has 1 atom stereocenters. The summed E-state index contributed by atoms with van der Waals surface area (Å²) >= 11 is -0.502. The van der Waals surface area contributed by atoms with Gasteiger partial charge in [-0.15, -0.1) is 0 Å². The third-order valence-electron chi connectivity index (χ3n) is 0.744. The van der Waals surface area contributed by atoms with E-state index in [9.17, 15) is 4.57 Å². The monoisotopic (exact) mass is 172 g/mol. The van der Waals surface area contributed by atoms with Crippen molar-refractivity contribution in [3.05, 3.63) is 0 Å². The van der Waals surface area contributed by atoms with Gasteiger partial charge in [0.2, 0.25) is 0 Å². The van der Waals surface area contributed by atoms with Crippen molar-refractivity contribution < 1.29 is 26.6 Å². The van der Waals surface area contributed by atoms with Crippen molar-refractivity contribution in [1.29, 1.82) is 0 Å². The van der Waals surface area contributed by atoms with Gasteiger partial charge >= 0.3 is 51.3 Å². The molecule has 0 radical (unpaired) electrons. The van der Waals surface area contributed by atoms with Crippen molar-refractivity contribution in [2.75, 3.05) is 4.76 Å². The molecule has 0 aliphatic carbocycles. The first-order chi connectivity index (χ1) is 3.27. The molecular formula is C3H9O2PZn. The van der Waals surface area contributed by atoms with Crippen LogP contribution in [-0.4, -0.2) is 9.65 Å². The van der Waals surface area contributed by atoms with Crippen LogP contribution in [0.25, 0.3) is 0 Å². The molecule has 0 aromatic carbocycles. The Bertz CT molecular complexity index is 66.0. The molecule has 4 heteroatoms. The van der Waals surface area contributed by atoms with Crippen LogP contribution in [0, 0.1) is 0 Å². The Morgan fingerprint density at radius 1 is 1.86 bits per heavy atom. The van der Waals surface area contributed by atoms with Gasteiger partial charge in [-0.05, 0) is 0 Å². The SMILES string of the molecule is C[CH2][Zn][CH2][PH](=O)O. The summed E-state index contributed by atoms with van der Waals surface area (Å²) in [5, 5.41) is 1.20. The maximum absolute atomic E-state index is 9.99. The van der Waals surface area contributed by atoms with Gasteiger partial charge < -0.3 is 0 Å². The summed E-state index contributed by atoms with van der Waals surface area (Å²) in [6.45, 7) is 2.09. The Morgan fingerprint density at radius 3 is 2.57 bits per heavy atom. The van der Waals surface area contributed by atoms with E-state index in [1.807, 2.05) is 0 Å². The minimum absolute atomic E-state index is 0.502. The van der Waals surface area contributed by atoms with Crippen LogP contribution in [0.1, 0.15) is 6.92 Å². The Hall–Kier alpha value is 0.813. The van der Waals surface area contributed by atoms with E-state index in [2.05, 4.69) is 6.92 Å². The molecule has 0 bridgehead atoms. The molecular weight excluding hydrogens is 164 g/mol. The van der Waals surface area contributed by atoms with Crippen molar-refractivity contribution in [3.63, 3.8) is 0 Å². The summed E-state index contributed by atoms with van der Waals surface area (Å²) in [6, 6.07) is 0. The van der Waals surface area contributed by atoms with Crippen molar-refractivity contribution in [2.45, 2.75) is 11.9 Å². The van der Waals surface area contributed by atoms with E-state index >= 15 is 0 Å². The Labute approximate surface area is 51.8 Å². The van der Waals surface area contributed by atoms with Gasteiger partial charge in [-0.2, -0.15) is 0 Å². The van der Waals surface area contributed by atoms with E-state index in [1.54, 1.807) is 0 Å². The van der Waals surface area contributed by atoms with Crippen molar-refractivity contribution in [3.8, 4) is 0 Å². The molecule has 7 heavy (non-hydrogen) atoms. The molecule has 0 aliphatic heterocycles. The van der Waals surface area contributed by atoms with E-state index in [4.69, 9.17) is 4.89 Å². The standard InChI is InChI=1S/C2H5.CH4O2P.Zn/c1-2;1-4(2)3;/h1H2,2H3;4H,1H2,(H,2,3);. The Morgan fingerprint density at radius 2 is 2.43 bits per heavy atom. The van der Waals surface area contributed by atoms with Gasteiger partial charge in [0.05, 0.1) is 0 Å². The zero-order valence-corrected chi connectivity index (χ0v) is 8.44. The molecule has 2 nitrogen and oxygen atoms in total. The van der Waals surface area contributed by atoms with Crippen LogP contribution >= 0.6 is 8.03 Å². The first-order valence-corrected chi connectivity index (χ1v) is 8.25. The number of hydrogen-bond acceptors (Lipinski definition) is 1. The van der Waals surface area contributed by atoms with Crippen LogP contribution in [0.15, 0.2) is 0 Å². The molecule has 0 heterocycles. The molecule has 1 N–H and O–H groups in total. The third kappa shape index (κ3) is 6.81. The van der Waals surface area contributed by atoms with Crippen molar-refractivity contribution >= 4 is 8.03 Å². The van der Waals surface area contributed by atoms with Gasteiger partial charge in [0.25, 0.3) is 0 Å². The molecule has 0 rings (SSSR count). The van der Waals surface area contributed by atoms with Crippen LogP contribution in [0.4, 0.5) is 0 Å². The van der Waals surface area contributed by atoms with Crippen LogP contribution in [0.3, 0.4) is 0 Å². The predicted octanol–water partition coefficient (Wildman–Crippen LogP) is 0.932. The van der Waals surface area contributed by atoms with E-state index in [0.29, 0.717) is 4.76 Å². The average molecular weight is 173 g/mol. The molecule has 0 saturated heterocycles. The molecule has 0 aromatic heterocycles. The van der Waals surface area contributed by atoms with Gasteiger partial charge in [0, 0.05) is 0 Å². The molecule has 40 valence electrons. The summed E-state index contributed by atoms with van der Waals surface area (Å²) in [5.41, 5.74) is 0. The second-order valence-electron chi connectivity index (χ2n) is 1.50. The van der Waals surface area contributed by atoms with Gasteiger partial charge in [-0.3, -0.25) is 0 Å². The van der Waals surface area contributed by atoms with Gasteiger partial charge in [-0.1, -0.05) is 0 Å².